The number of benzene rings is 1. The monoisotopic (exact) mass is 313 g/mol. The van der Waals surface area contributed by atoms with Gasteiger partial charge in [0.25, 0.3) is 0 Å². The lowest BCUT2D eigenvalue weighted by Gasteiger charge is -2.13. The number of sulfonamides is 1. The van der Waals surface area contributed by atoms with Crippen molar-refractivity contribution >= 4 is 10.0 Å². The second-order valence-corrected chi connectivity index (χ2v) is 6.21. The summed E-state index contributed by atoms with van der Waals surface area (Å²) in [6, 6.07) is 3.10. The van der Waals surface area contributed by atoms with Crippen molar-refractivity contribution in [3.05, 3.63) is 41.7 Å². The SMILES string of the molecule is CNCc1cc(S(=O)(=O)NC(C)c2ncn[nH]2)ccc1F. The van der Waals surface area contributed by atoms with Crippen molar-refractivity contribution in [2.24, 2.45) is 0 Å². The Balaban J connectivity index is 2.25. The van der Waals surface area contributed by atoms with Crippen LogP contribution in [-0.2, 0) is 16.6 Å². The molecule has 0 amide bonds. The number of aromatic amines is 1. The Labute approximate surface area is 122 Å². The standard InChI is InChI=1S/C12H16FN5O2S/c1-8(12-15-7-16-17-12)18-21(19,20)10-3-4-11(13)9(5-10)6-14-2/h3-5,7-8,14,18H,6H2,1-2H3,(H,15,16,17). The molecule has 2 rings (SSSR count). The third kappa shape index (κ3) is 3.63. The highest BCUT2D eigenvalue weighted by molar-refractivity contribution is 7.89. The predicted molar refractivity (Wildman–Crippen MR) is 74.3 cm³/mol. The third-order valence-electron chi connectivity index (χ3n) is 2.87. The molecule has 1 atom stereocenters. The van der Waals surface area contributed by atoms with E-state index in [1.165, 1.54) is 18.5 Å². The molecule has 114 valence electrons. The number of hydrogen-bond acceptors (Lipinski definition) is 5. The topological polar surface area (TPSA) is 99.8 Å². The van der Waals surface area contributed by atoms with Crippen LogP contribution in [0.1, 0.15) is 24.4 Å². The highest BCUT2D eigenvalue weighted by Crippen LogP contribution is 2.17. The van der Waals surface area contributed by atoms with Crippen LogP contribution in [0.5, 0.6) is 0 Å². The van der Waals surface area contributed by atoms with Crippen molar-refractivity contribution in [1.82, 2.24) is 25.2 Å². The lowest BCUT2D eigenvalue weighted by Crippen LogP contribution is -2.28. The van der Waals surface area contributed by atoms with Gasteiger partial charge < -0.3 is 5.32 Å². The summed E-state index contributed by atoms with van der Waals surface area (Å²) in [6.45, 7) is 1.88. The fourth-order valence-corrected chi connectivity index (χ4v) is 3.08. The van der Waals surface area contributed by atoms with Crippen molar-refractivity contribution in [3.63, 3.8) is 0 Å². The minimum absolute atomic E-state index is 0.000477. The summed E-state index contributed by atoms with van der Waals surface area (Å²) < 4.78 is 40.6. The second-order valence-electron chi connectivity index (χ2n) is 4.50. The first-order chi connectivity index (χ1) is 9.94. The van der Waals surface area contributed by atoms with Crippen LogP contribution >= 0.6 is 0 Å². The van der Waals surface area contributed by atoms with Crippen molar-refractivity contribution in [3.8, 4) is 0 Å². The number of halogens is 1. The molecule has 0 bridgehead atoms. The normalized spacial score (nSPS) is 13.3. The van der Waals surface area contributed by atoms with Gasteiger partial charge in [-0.25, -0.2) is 22.5 Å². The fourth-order valence-electron chi connectivity index (χ4n) is 1.82. The fraction of sp³-hybridized carbons (Fsp3) is 0.333. The van der Waals surface area contributed by atoms with Gasteiger partial charge in [-0.1, -0.05) is 0 Å². The van der Waals surface area contributed by atoms with E-state index in [1.807, 2.05) is 0 Å². The summed E-state index contributed by atoms with van der Waals surface area (Å²) in [5.41, 5.74) is 0.285. The molecule has 9 heteroatoms. The van der Waals surface area contributed by atoms with E-state index < -0.39 is 21.9 Å². The first-order valence-corrected chi connectivity index (χ1v) is 7.73. The Bertz CT molecular complexity index is 702. The molecule has 7 nitrogen and oxygen atoms in total. The average Bonchev–Trinajstić information content (AvgIpc) is 2.95. The highest BCUT2D eigenvalue weighted by atomic mass is 32.2. The van der Waals surface area contributed by atoms with E-state index in [4.69, 9.17) is 0 Å². The summed E-state index contributed by atoms with van der Waals surface area (Å²) in [6.07, 6.45) is 1.29. The van der Waals surface area contributed by atoms with Crippen LogP contribution in [0.4, 0.5) is 4.39 Å². The van der Waals surface area contributed by atoms with Crippen LogP contribution < -0.4 is 10.0 Å². The van der Waals surface area contributed by atoms with Crippen LogP contribution in [0.15, 0.2) is 29.4 Å². The van der Waals surface area contributed by atoms with Crippen molar-refractivity contribution in [2.45, 2.75) is 24.4 Å². The molecule has 0 aliphatic carbocycles. The molecule has 0 radical (unpaired) electrons. The third-order valence-corrected chi connectivity index (χ3v) is 4.41. The van der Waals surface area contributed by atoms with E-state index in [0.717, 1.165) is 6.07 Å². The molecular weight excluding hydrogens is 297 g/mol. The van der Waals surface area contributed by atoms with Crippen LogP contribution in [0.25, 0.3) is 0 Å². The molecule has 0 saturated heterocycles. The molecule has 0 spiro atoms. The maximum atomic E-state index is 13.6. The molecule has 0 aliphatic rings. The largest absolute Gasteiger partial charge is 0.316 e. The van der Waals surface area contributed by atoms with Crippen molar-refractivity contribution < 1.29 is 12.8 Å². The molecule has 1 aromatic heterocycles. The van der Waals surface area contributed by atoms with Crippen LogP contribution in [0.3, 0.4) is 0 Å². The zero-order chi connectivity index (χ0) is 15.5. The van der Waals surface area contributed by atoms with Gasteiger partial charge in [-0.15, -0.1) is 0 Å². The van der Waals surface area contributed by atoms with Gasteiger partial charge in [0.05, 0.1) is 10.9 Å². The molecule has 2 aromatic rings. The van der Waals surface area contributed by atoms with E-state index in [2.05, 4.69) is 25.2 Å². The van der Waals surface area contributed by atoms with E-state index in [-0.39, 0.29) is 17.0 Å². The van der Waals surface area contributed by atoms with Gasteiger partial charge in [-0.05, 0) is 32.2 Å². The Morgan fingerprint density at radius 1 is 1.43 bits per heavy atom. The molecule has 21 heavy (non-hydrogen) atoms. The second kappa shape index (κ2) is 6.29. The van der Waals surface area contributed by atoms with Gasteiger partial charge in [0, 0.05) is 12.1 Å². The van der Waals surface area contributed by atoms with Gasteiger partial charge >= 0.3 is 0 Å². The predicted octanol–water partition coefficient (Wildman–Crippen LogP) is 0.703. The number of nitrogens with zero attached hydrogens (tertiary/aromatic N) is 2. The van der Waals surface area contributed by atoms with Crippen molar-refractivity contribution in [2.75, 3.05) is 7.05 Å². The lowest BCUT2D eigenvalue weighted by atomic mass is 10.2. The first-order valence-electron chi connectivity index (χ1n) is 6.24. The molecular formula is C12H16FN5O2S. The molecule has 0 saturated carbocycles. The summed E-state index contributed by atoms with van der Waals surface area (Å²) in [5.74, 6) is -0.0530. The minimum Gasteiger partial charge on any atom is -0.316 e. The van der Waals surface area contributed by atoms with E-state index in [9.17, 15) is 12.8 Å². The van der Waals surface area contributed by atoms with Gasteiger partial charge in [-0.2, -0.15) is 5.10 Å². The van der Waals surface area contributed by atoms with Gasteiger partial charge in [0.1, 0.15) is 18.0 Å². The van der Waals surface area contributed by atoms with Gasteiger partial charge in [-0.3, -0.25) is 5.10 Å². The van der Waals surface area contributed by atoms with Gasteiger partial charge in [0.2, 0.25) is 10.0 Å². The zero-order valence-corrected chi connectivity index (χ0v) is 12.4. The summed E-state index contributed by atoms with van der Waals surface area (Å²) in [5, 5.41) is 9.05. The Morgan fingerprint density at radius 2 is 2.19 bits per heavy atom. The number of H-pyrrole nitrogens is 1. The van der Waals surface area contributed by atoms with Gasteiger partial charge in [0.15, 0.2) is 0 Å². The number of hydrogen-bond donors (Lipinski definition) is 3. The van der Waals surface area contributed by atoms with E-state index in [1.54, 1.807) is 14.0 Å². The average molecular weight is 313 g/mol. The number of nitrogens with one attached hydrogen (secondary N) is 3. The van der Waals surface area contributed by atoms with Crippen molar-refractivity contribution in [1.29, 1.82) is 0 Å². The van der Waals surface area contributed by atoms with E-state index in [0.29, 0.717) is 5.82 Å². The van der Waals surface area contributed by atoms with Crippen LogP contribution in [0.2, 0.25) is 0 Å². The minimum atomic E-state index is -3.78. The molecule has 0 fully saturated rings. The number of aromatic nitrogens is 3. The summed E-state index contributed by atoms with van der Waals surface area (Å²) >= 11 is 0. The van der Waals surface area contributed by atoms with E-state index >= 15 is 0 Å². The first kappa shape index (κ1) is 15.5. The summed E-state index contributed by atoms with van der Waals surface area (Å²) in [4.78, 5) is 3.89. The zero-order valence-electron chi connectivity index (χ0n) is 11.6. The van der Waals surface area contributed by atoms with Crippen LogP contribution in [-0.4, -0.2) is 30.6 Å². The lowest BCUT2D eigenvalue weighted by molar-refractivity contribution is 0.558. The Kier molecular flexibility index (Phi) is 4.66. The molecule has 3 N–H and O–H groups in total. The molecule has 1 aromatic carbocycles. The smallest absolute Gasteiger partial charge is 0.241 e. The molecule has 1 unspecified atom stereocenters. The maximum Gasteiger partial charge on any atom is 0.241 e. The Morgan fingerprint density at radius 3 is 2.81 bits per heavy atom. The number of rotatable bonds is 6. The maximum absolute atomic E-state index is 13.6. The van der Waals surface area contributed by atoms with Crippen LogP contribution in [0, 0.1) is 5.82 Å². The highest BCUT2D eigenvalue weighted by Gasteiger charge is 2.21. The quantitative estimate of drug-likeness (QED) is 0.729. The molecule has 0 aliphatic heterocycles. The summed E-state index contributed by atoms with van der Waals surface area (Å²) in [7, 11) is -2.12. The molecule has 1 heterocycles. The Hall–Kier alpha value is -1.84.